The number of carbonyl (C=O) groups is 1. The van der Waals surface area contributed by atoms with Gasteiger partial charge in [0.05, 0.1) is 17.3 Å². The van der Waals surface area contributed by atoms with E-state index in [-0.39, 0.29) is 11.4 Å². The molecule has 1 heterocycles. The Morgan fingerprint density at radius 2 is 2.50 bits per heavy atom. The highest BCUT2D eigenvalue weighted by molar-refractivity contribution is 5.95. The zero-order chi connectivity index (χ0) is 10.2. The average Bonchev–Trinajstić information content (AvgIpc) is 2.80. The zero-order valence-corrected chi connectivity index (χ0v) is 8.13. The van der Waals surface area contributed by atoms with E-state index in [0.29, 0.717) is 12.1 Å². The van der Waals surface area contributed by atoms with Crippen molar-refractivity contribution in [3.8, 4) is 0 Å². The van der Waals surface area contributed by atoms with Gasteiger partial charge in [0.2, 0.25) is 0 Å². The molecule has 0 spiro atoms. The lowest BCUT2D eigenvalue weighted by atomic mass is 10.2. The summed E-state index contributed by atoms with van der Waals surface area (Å²) in [6, 6.07) is 0. The molecule has 1 fully saturated rings. The molecule has 0 aliphatic heterocycles. The fourth-order valence-electron chi connectivity index (χ4n) is 1.42. The minimum atomic E-state index is -0.138. The van der Waals surface area contributed by atoms with Crippen molar-refractivity contribution in [3.05, 3.63) is 17.5 Å². The van der Waals surface area contributed by atoms with Gasteiger partial charge in [-0.25, -0.2) is 0 Å². The molecule has 5 heteroatoms. The maximum Gasteiger partial charge on any atom is 0.255 e. The van der Waals surface area contributed by atoms with Gasteiger partial charge in [-0.05, 0) is 19.8 Å². The third-order valence-electron chi connectivity index (χ3n) is 2.70. The summed E-state index contributed by atoms with van der Waals surface area (Å²) in [4.78, 5) is 11.7. The molecule has 1 aliphatic rings. The van der Waals surface area contributed by atoms with Crippen molar-refractivity contribution in [1.82, 2.24) is 15.5 Å². The molecule has 4 N–H and O–H groups in total. The molecule has 1 amide bonds. The Hall–Kier alpha value is -1.36. The van der Waals surface area contributed by atoms with E-state index in [9.17, 15) is 4.79 Å². The molecule has 0 radical (unpaired) electrons. The van der Waals surface area contributed by atoms with Crippen molar-refractivity contribution in [3.63, 3.8) is 0 Å². The van der Waals surface area contributed by atoms with Crippen LogP contribution in [-0.4, -0.2) is 28.2 Å². The van der Waals surface area contributed by atoms with Gasteiger partial charge < -0.3 is 11.1 Å². The van der Waals surface area contributed by atoms with Crippen LogP contribution in [0.4, 0.5) is 0 Å². The lowest BCUT2D eigenvalue weighted by molar-refractivity contribution is 0.0932. The van der Waals surface area contributed by atoms with Crippen LogP contribution in [0.5, 0.6) is 0 Å². The fourth-order valence-corrected chi connectivity index (χ4v) is 1.42. The van der Waals surface area contributed by atoms with Crippen LogP contribution in [0.1, 0.15) is 28.9 Å². The van der Waals surface area contributed by atoms with Crippen molar-refractivity contribution in [1.29, 1.82) is 0 Å². The Morgan fingerprint density at radius 3 is 2.93 bits per heavy atom. The quantitative estimate of drug-likeness (QED) is 0.630. The molecule has 2 rings (SSSR count). The van der Waals surface area contributed by atoms with E-state index in [1.807, 2.05) is 6.92 Å². The molecule has 5 nitrogen and oxygen atoms in total. The molecule has 1 aliphatic carbocycles. The van der Waals surface area contributed by atoms with E-state index in [1.54, 1.807) is 0 Å². The van der Waals surface area contributed by atoms with E-state index in [4.69, 9.17) is 5.73 Å². The Labute approximate surface area is 82.1 Å². The highest BCUT2D eigenvalue weighted by atomic mass is 16.1. The van der Waals surface area contributed by atoms with Crippen LogP contribution in [0.2, 0.25) is 0 Å². The number of aryl methyl sites for hydroxylation is 1. The summed E-state index contributed by atoms with van der Waals surface area (Å²) in [5.74, 6) is -0.0841. The summed E-state index contributed by atoms with van der Waals surface area (Å²) in [7, 11) is 0. The minimum absolute atomic E-state index is 0.0841. The third-order valence-corrected chi connectivity index (χ3v) is 2.70. The second-order valence-corrected chi connectivity index (χ2v) is 3.85. The summed E-state index contributed by atoms with van der Waals surface area (Å²) >= 11 is 0. The van der Waals surface area contributed by atoms with E-state index < -0.39 is 0 Å². The van der Waals surface area contributed by atoms with Gasteiger partial charge in [0.15, 0.2) is 0 Å². The first-order valence-electron chi connectivity index (χ1n) is 4.69. The minimum Gasteiger partial charge on any atom is -0.345 e. The number of nitrogens with one attached hydrogen (secondary N) is 2. The van der Waals surface area contributed by atoms with Crippen LogP contribution in [0.3, 0.4) is 0 Å². The summed E-state index contributed by atoms with van der Waals surface area (Å²) in [6.07, 6.45) is 3.50. The average molecular weight is 194 g/mol. The fraction of sp³-hybridized carbons (Fsp3) is 0.556. The van der Waals surface area contributed by atoms with Crippen molar-refractivity contribution >= 4 is 5.91 Å². The number of aromatic nitrogens is 2. The lowest BCUT2D eigenvalue weighted by Crippen LogP contribution is -2.42. The number of hydrogen-bond donors (Lipinski definition) is 3. The second kappa shape index (κ2) is 3.09. The zero-order valence-electron chi connectivity index (χ0n) is 8.13. The number of H-pyrrole nitrogens is 1. The van der Waals surface area contributed by atoms with Crippen molar-refractivity contribution < 1.29 is 4.79 Å². The van der Waals surface area contributed by atoms with Crippen molar-refractivity contribution in [2.45, 2.75) is 25.3 Å². The molecule has 0 aromatic carbocycles. The van der Waals surface area contributed by atoms with Crippen LogP contribution < -0.4 is 11.1 Å². The molecule has 0 bridgehead atoms. The van der Waals surface area contributed by atoms with Gasteiger partial charge in [0.25, 0.3) is 5.91 Å². The van der Waals surface area contributed by atoms with Crippen LogP contribution in [0, 0.1) is 6.92 Å². The summed E-state index contributed by atoms with van der Waals surface area (Å²) in [5.41, 5.74) is 6.82. The highest BCUT2D eigenvalue weighted by Gasteiger charge is 2.42. The number of nitrogens with two attached hydrogens (primary N) is 1. The van der Waals surface area contributed by atoms with Gasteiger partial charge in [-0.3, -0.25) is 9.89 Å². The van der Waals surface area contributed by atoms with Crippen molar-refractivity contribution in [2.24, 2.45) is 5.73 Å². The molecule has 0 atom stereocenters. The van der Waals surface area contributed by atoms with Crippen LogP contribution >= 0.6 is 0 Å². The van der Waals surface area contributed by atoms with Gasteiger partial charge in [0, 0.05) is 12.2 Å². The maximum absolute atomic E-state index is 11.7. The van der Waals surface area contributed by atoms with E-state index >= 15 is 0 Å². The molecular formula is C9H14N4O. The molecule has 1 aromatic heterocycles. The molecule has 76 valence electrons. The number of carbonyl (C=O) groups excluding carboxylic acids is 1. The molecule has 1 aromatic rings. The highest BCUT2D eigenvalue weighted by Crippen LogP contribution is 2.34. The number of amides is 1. The topological polar surface area (TPSA) is 83.8 Å². The smallest absolute Gasteiger partial charge is 0.255 e. The van der Waals surface area contributed by atoms with E-state index in [0.717, 1.165) is 18.5 Å². The van der Waals surface area contributed by atoms with Crippen LogP contribution in [-0.2, 0) is 0 Å². The van der Waals surface area contributed by atoms with Gasteiger partial charge in [-0.2, -0.15) is 5.10 Å². The van der Waals surface area contributed by atoms with Gasteiger partial charge >= 0.3 is 0 Å². The van der Waals surface area contributed by atoms with Gasteiger partial charge in [-0.1, -0.05) is 0 Å². The Kier molecular flexibility index (Phi) is 2.03. The van der Waals surface area contributed by atoms with E-state index in [1.165, 1.54) is 6.20 Å². The Morgan fingerprint density at radius 1 is 1.79 bits per heavy atom. The predicted octanol–water partition coefficient (Wildman–Crippen LogP) is -0.0608. The van der Waals surface area contributed by atoms with E-state index in [2.05, 4.69) is 15.5 Å². The second-order valence-electron chi connectivity index (χ2n) is 3.85. The normalized spacial score (nSPS) is 17.9. The maximum atomic E-state index is 11.7. The molecule has 14 heavy (non-hydrogen) atoms. The summed E-state index contributed by atoms with van der Waals surface area (Å²) in [5, 5.41) is 9.47. The Balaban J connectivity index is 2.07. The molecular weight excluding hydrogens is 180 g/mol. The number of hydrogen-bond acceptors (Lipinski definition) is 3. The standard InChI is InChI=1S/C9H14N4O/c1-6-7(4-11-13-6)8(14)12-9(5-10)2-3-9/h4H,2-3,5,10H2,1H3,(H,11,13)(H,12,14). The lowest BCUT2D eigenvalue weighted by Gasteiger charge is -2.14. The van der Waals surface area contributed by atoms with Gasteiger partial charge in [-0.15, -0.1) is 0 Å². The summed E-state index contributed by atoms with van der Waals surface area (Å²) in [6.45, 7) is 2.33. The predicted molar refractivity (Wildman–Crippen MR) is 51.8 cm³/mol. The molecule has 0 unspecified atom stereocenters. The number of nitrogens with zero attached hydrogens (tertiary/aromatic N) is 1. The van der Waals surface area contributed by atoms with Crippen molar-refractivity contribution in [2.75, 3.05) is 6.54 Å². The van der Waals surface area contributed by atoms with Crippen LogP contribution in [0.15, 0.2) is 6.20 Å². The number of rotatable bonds is 3. The first-order chi connectivity index (χ1) is 6.67. The number of aromatic amines is 1. The van der Waals surface area contributed by atoms with Crippen LogP contribution in [0.25, 0.3) is 0 Å². The molecule has 1 saturated carbocycles. The monoisotopic (exact) mass is 194 g/mol. The first kappa shape index (κ1) is 9.21. The first-order valence-corrected chi connectivity index (χ1v) is 4.69. The van der Waals surface area contributed by atoms with Gasteiger partial charge in [0.1, 0.15) is 0 Å². The Bertz CT molecular complexity index is 353. The largest absolute Gasteiger partial charge is 0.345 e. The SMILES string of the molecule is Cc1[nH]ncc1C(=O)NC1(CN)CC1. The third kappa shape index (κ3) is 1.50. The molecule has 0 saturated heterocycles. The summed E-state index contributed by atoms with van der Waals surface area (Å²) < 4.78 is 0.